The molecule has 7 nitrogen and oxygen atoms in total. The Hall–Kier alpha value is -2.16. The molecule has 0 unspecified atom stereocenters. The lowest BCUT2D eigenvalue weighted by atomic mass is 10.1. The Bertz CT molecular complexity index is 775. The molecule has 2 N–H and O–H groups in total. The van der Waals surface area contributed by atoms with E-state index in [1.807, 2.05) is 0 Å². The number of rotatable bonds is 4. The predicted octanol–water partition coefficient (Wildman–Crippen LogP) is 1.63. The van der Waals surface area contributed by atoms with E-state index in [1.54, 1.807) is 46.6 Å². The molecule has 2 amide bonds. The molecule has 140 valence electrons. The SMILES string of the molecule is COc1cccc(C(=O)N2CCN(C(=O)c3csc(CN)n3)CC2)c1.Cl. The van der Waals surface area contributed by atoms with Crippen LogP contribution in [0.2, 0.25) is 0 Å². The van der Waals surface area contributed by atoms with E-state index in [-0.39, 0.29) is 24.2 Å². The van der Waals surface area contributed by atoms with Crippen LogP contribution in [0.1, 0.15) is 25.9 Å². The smallest absolute Gasteiger partial charge is 0.273 e. The van der Waals surface area contributed by atoms with Gasteiger partial charge in [0.15, 0.2) is 0 Å². The fraction of sp³-hybridized carbons (Fsp3) is 0.353. The highest BCUT2D eigenvalue weighted by atomic mass is 35.5. The predicted molar refractivity (Wildman–Crippen MR) is 102 cm³/mol. The van der Waals surface area contributed by atoms with Crippen molar-refractivity contribution in [2.45, 2.75) is 6.54 Å². The van der Waals surface area contributed by atoms with Gasteiger partial charge in [0, 0.05) is 43.7 Å². The van der Waals surface area contributed by atoms with E-state index >= 15 is 0 Å². The highest BCUT2D eigenvalue weighted by Gasteiger charge is 2.26. The first-order valence-electron chi connectivity index (χ1n) is 7.99. The number of ether oxygens (including phenoxy) is 1. The zero-order valence-corrected chi connectivity index (χ0v) is 16.0. The minimum Gasteiger partial charge on any atom is -0.497 e. The van der Waals surface area contributed by atoms with Crippen LogP contribution in [0.4, 0.5) is 0 Å². The number of piperazine rings is 1. The lowest BCUT2D eigenvalue weighted by Gasteiger charge is -2.34. The van der Waals surface area contributed by atoms with Gasteiger partial charge in [0.25, 0.3) is 11.8 Å². The Morgan fingerprint density at radius 3 is 2.42 bits per heavy atom. The molecule has 0 aliphatic carbocycles. The number of amides is 2. The average molecular weight is 397 g/mol. The number of benzene rings is 1. The Labute approximate surface area is 162 Å². The van der Waals surface area contributed by atoms with Crippen LogP contribution in [0.25, 0.3) is 0 Å². The van der Waals surface area contributed by atoms with Crippen LogP contribution >= 0.6 is 23.7 Å². The van der Waals surface area contributed by atoms with Crippen LogP contribution < -0.4 is 10.5 Å². The van der Waals surface area contributed by atoms with Gasteiger partial charge in [-0.25, -0.2) is 4.98 Å². The summed E-state index contributed by atoms with van der Waals surface area (Å²) < 4.78 is 5.16. The van der Waals surface area contributed by atoms with Gasteiger partial charge in [0.2, 0.25) is 0 Å². The van der Waals surface area contributed by atoms with Gasteiger partial charge in [-0.1, -0.05) is 6.07 Å². The fourth-order valence-corrected chi connectivity index (χ4v) is 3.36. The zero-order chi connectivity index (χ0) is 17.8. The lowest BCUT2D eigenvalue weighted by Crippen LogP contribution is -2.50. The minimum absolute atomic E-state index is 0. The topological polar surface area (TPSA) is 88.8 Å². The average Bonchev–Trinajstić information content (AvgIpc) is 3.16. The van der Waals surface area contributed by atoms with Crippen LogP contribution in [-0.2, 0) is 6.54 Å². The molecule has 1 saturated heterocycles. The van der Waals surface area contributed by atoms with Crippen LogP contribution in [0.5, 0.6) is 5.75 Å². The number of carbonyl (C=O) groups excluding carboxylic acids is 2. The highest BCUT2D eigenvalue weighted by molar-refractivity contribution is 7.09. The van der Waals surface area contributed by atoms with Gasteiger partial charge >= 0.3 is 0 Å². The standard InChI is InChI=1S/C17H20N4O3S.ClH/c1-24-13-4-2-3-12(9-13)16(22)20-5-7-21(8-6-20)17(23)14-11-25-15(10-18)19-14;/h2-4,9,11H,5-8,10,18H2,1H3;1H. The van der Waals surface area contributed by atoms with Crippen LogP contribution in [-0.4, -0.2) is 59.9 Å². The summed E-state index contributed by atoms with van der Waals surface area (Å²) in [5.41, 5.74) is 6.56. The summed E-state index contributed by atoms with van der Waals surface area (Å²) in [5, 5.41) is 2.48. The summed E-state index contributed by atoms with van der Waals surface area (Å²) in [7, 11) is 1.57. The summed E-state index contributed by atoms with van der Waals surface area (Å²) in [6, 6.07) is 7.09. The number of halogens is 1. The van der Waals surface area contributed by atoms with Gasteiger partial charge in [-0.05, 0) is 18.2 Å². The number of hydrogen-bond acceptors (Lipinski definition) is 6. The highest BCUT2D eigenvalue weighted by Crippen LogP contribution is 2.17. The number of methoxy groups -OCH3 is 1. The summed E-state index contributed by atoms with van der Waals surface area (Å²) in [5.74, 6) is 0.494. The summed E-state index contributed by atoms with van der Waals surface area (Å²) in [6.07, 6.45) is 0. The van der Waals surface area contributed by atoms with Crippen LogP contribution in [0.3, 0.4) is 0 Å². The molecule has 0 radical (unpaired) electrons. The lowest BCUT2D eigenvalue weighted by molar-refractivity contribution is 0.0532. The molecule has 0 atom stereocenters. The van der Waals surface area contributed by atoms with Crippen LogP contribution in [0, 0.1) is 0 Å². The molecule has 0 bridgehead atoms. The molecule has 26 heavy (non-hydrogen) atoms. The van der Waals surface area contributed by atoms with Gasteiger partial charge in [0.05, 0.1) is 7.11 Å². The molecule has 3 rings (SSSR count). The van der Waals surface area contributed by atoms with Crippen molar-refractivity contribution < 1.29 is 14.3 Å². The molecule has 1 aromatic carbocycles. The van der Waals surface area contributed by atoms with E-state index < -0.39 is 0 Å². The number of hydrogen-bond donors (Lipinski definition) is 1. The maximum absolute atomic E-state index is 12.6. The molecule has 2 aromatic rings. The Morgan fingerprint density at radius 1 is 1.19 bits per heavy atom. The molecular formula is C17H21ClN4O3S. The maximum atomic E-state index is 12.6. The van der Waals surface area contributed by atoms with E-state index in [9.17, 15) is 9.59 Å². The molecule has 1 aliphatic heterocycles. The van der Waals surface area contributed by atoms with Crippen molar-refractivity contribution >= 4 is 35.6 Å². The molecule has 0 saturated carbocycles. The van der Waals surface area contributed by atoms with Gasteiger partial charge < -0.3 is 20.3 Å². The van der Waals surface area contributed by atoms with Gasteiger partial charge in [-0.2, -0.15) is 0 Å². The normalized spacial score (nSPS) is 13.9. The maximum Gasteiger partial charge on any atom is 0.273 e. The summed E-state index contributed by atoms with van der Waals surface area (Å²) >= 11 is 1.39. The first kappa shape index (κ1) is 20.2. The first-order chi connectivity index (χ1) is 12.1. The molecule has 9 heteroatoms. The molecular weight excluding hydrogens is 376 g/mol. The second kappa shape index (κ2) is 8.98. The van der Waals surface area contributed by atoms with Crippen molar-refractivity contribution in [2.24, 2.45) is 5.73 Å². The zero-order valence-electron chi connectivity index (χ0n) is 14.4. The summed E-state index contributed by atoms with van der Waals surface area (Å²) in [4.78, 5) is 32.8. The van der Waals surface area contributed by atoms with E-state index in [4.69, 9.17) is 10.5 Å². The number of aromatic nitrogens is 1. The minimum atomic E-state index is -0.107. The third-order valence-corrected chi connectivity index (χ3v) is 4.99. The largest absolute Gasteiger partial charge is 0.497 e. The van der Waals surface area contributed by atoms with Crippen LogP contribution in [0.15, 0.2) is 29.6 Å². The van der Waals surface area contributed by atoms with E-state index in [0.29, 0.717) is 49.7 Å². The van der Waals surface area contributed by atoms with Crippen molar-refractivity contribution in [2.75, 3.05) is 33.3 Å². The fourth-order valence-electron chi connectivity index (χ4n) is 2.72. The molecule has 0 spiro atoms. The van der Waals surface area contributed by atoms with E-state index in [2.05, 4.69) is 4.98 Å². The van der Waals surface area contributed by atoms with Crippen molar-refractivity contribution in [1.29, 1.82) is 0 Å². The van der Waals surface area contributed by atoms with Crippen molar-refractivity contribution in [3.63, 3.8) is 0 Å². The molecule has 2 heterocycles. The molecule has 1 fully saturated rings. The van der Waals surface area contributed by atoms with Crippen molar-refractivity contribution in [1.82, 2.24) is 14.8 Å². The van der Waals surface area contributed by atoms with Crippen molar-refractivity contribution in [3.05, 3.63) is 45.9 Å². The van der Waals surface area contributed by atoms with Gasteiger partial charge in [0.1, 0.15) is 16.5 Å². The third kappa shape index (κ3) is 4.32. The quantitative estimate of drug-likeness (QED) is 0.848. The second-order valence-corrected chi connectivity index (χ2v) is 6.59. The Morgan fingerprint density at radius 2 is 1.85 bits per heavy atom. The van der Waals surface area contributed by atoms with E-state index in [1.165, 1.54) is 11.3 Å². The number of nitrogens with two attached hydrogens (primary N) is 1. The van der Waals surface area contributed by atoms with Gasteiger partial charge in [-0.3, -0.25) is 9.59 Å². The first-order valence-corrected chi connectivity index (χ1v) is 8.87. The van der Waals surface area contributed by atoms with E-state index in [0.717, 1.165) is 5.01 Å². The third-order valence-electron chi connectivity index (χ3n) is 4.12. The Kier molecular flexibility index (Phi) is 6.96. The Balaban J connectivity index is 0.00000243. The molecule has 1 aliphatic rings. The number of thiazole rings is 1. The number of carbonyl (C=O) groups is 2. The molecule has 1 aromatic heterocycles. The van der Waals surface area contributed by atoms with Crippen molar-refractivity contribution in [3.8, 4) is 5.75 Å². The second-order valence-electron chi connectivity index (χ2n) is 5.65. The monoisotopic (exact) mass is 396 g/mol. The summed E-state index contributed by atoms with van der Waals surface area (Å²) in [6.45, 7) is 2.31. The van der Waals surface area contributed by atoms with Gasteiger partial charge in [-0.15, -0.1) is 23.7 Å². The number of nitrogens with zero attached hydrogens (tertiary/aromatic N) is 3.